The molecule has 0 aliphatic heterocycles. The highest BCUT2D eigenvalue weighted by Gasteiger charge is 2.09. The maximum atomic E-state index is 11.9. The molecule has 0 unspecified atom stereocenters. The number of rotatable bonds is 3. The molecule has 0 spiro atoms. The van der Waals surface area contributed by atoms with Gasteiger partial charge < -0.3 is 9.40 Å². The van der Waals surface area contributed by atoms with E-state index in [2.05, 4.69) is 9.97 Å². The molecule has 94 valence electrons. The minimum absolute atomic E-state index is 0.219. The molecule has 1 aromatic carbocycles. The van der Waals surface area contributed by atoms with Gasteiger partial charge in [-0.2, -0.15) is 0 Å². The molecule has 3 rings (SSSR count). The molecular formula is C14H9ClN2O2. The standard InChI is InChI=1S/C14H9ClN2O2/c15-10-1-3-12-9(7-10)8-13(19-12)11(18)2-4-14-16-5-6-17-14/h1-8H,(H,16,17)/b4-2+. The largest absolute Gasteiger partial charge is 0.453 e. The van der Waals surface area contributed by atoms with Gasteiger partial charge in [-0.15, -0.1) is 0 Å². The van der Waals surface area contributed by atoms with Crippen molar-refractivity contribution in [2.24, 2.45) is 0 Å². The van der Waals surface area contributed by atoms with Crippen LogP contribution in [0.3, 0.4) is 0 Å². The summed E-state index contributed by atoms with van der Waals surface area (Å²) in [5.41, 5.74) is 0.638. The fraction of sp³-hybridized carbons (Fsp3) is 0. The number of nitrogens with one attached hydrogen (secondary N) is 1. The highest BCUT2D eigenvalue weighted by atomic mass is 35.5. The molecule has 4 nitrogen and oxygen atoms in total. The Hall–Kier alpha value is -2.33. The number of H-pyrrole nitrogens is 1. The van der Waals surface area contributed by atoms with E-state index in [1.165, 1.54) is 6.08 Å². The minimum Gasteiger partial charge on any atom is -0.453 e. The van der Waals surface area contributed by atoms with E-state index in [1.807, 2.05) is 0 Å². The van der Waals surface area contributed by atoms with E-state index in [0.29, 0.717) is 16.4 Å². The summed E-state index contributed by atoms with van der Waals surface area (Å²) in [4.78, 5) is 18.8. The van der Waals surface area contributed by atoms with E-state index in [-0.39, 0.29) is 11.5 Å². The smallest absolute Gasteiger partial charge is 0.221 e. The van der Waals surface area contributed by atoms with Crippen LogP contribution in [0.4, 0.5) is 0 Å². The molecule has 0 atom stereocenters. The molecule has 0 radical (unpaired) electrons. The fourth-order valence-electron chi connectivity index (χ4n) is 1.74. The van der Waals surface area contributed by atoms with Gasteiger partial charge in [-0.3, -0.25) is 4.79 Å². The summed E-state index contributed by atoms with van der Waals surface area (Å²) >= 11 is 5.88. The number of hydrogen-bond donors (Lipinski definition) is 1. The summed E-state index contributed by atoms with van der Waals surface area (Å²) in [5.74, 6) is 0.677. The van der Waals surface area contributed by atoms with Gasteiger partial charge in [0.25, 0.3) is 0 Å². The Morgan fingerprint density at radius 2 is 2.26 bits per heavy atom. The van der Waals surface area contributed by atoms with Crippen molar-refractivity contribution in [2.45, 2.75) is 0 Å². The second kappa shape index (κ2) is 4.74. The summed E-state index contributed by atoms with van der Waals surface area (Å²) in [7, 11) is 0. The van der Waals surface area contributed by atoms with Gasteiger partial charge in [-0.05, 0) is 36.4 Å². The predicted molar refractivity (Wildman–Crippen MR) is 73.2 cm³/mol. The summed E-state index contributed by atoms with van der Waals surface area (Å²) < 4.78 is 5.46. The summed E-state index contributed by atoms with van der Waals surface area (Å²) in [5, 5.41) is 1.42. The zero-order valence-electron chi connectivity index (χ0n) is 9.76. The number of nitrogens with zero attached hydrogens (tertiary/aromatic N) is 1. The first kappa shape index (κ1) is 11.7. The number of halogens is 1. The Bertz CT molecular complexity index is 757. The van der Waals surface area contributed by atoms with E-state index >= 15 is 0 Å². The second-order valence-corrected chi connectivity index (χ2v) is 4.40. The van der Waals surface area contributed by atoms with Gasteiger partial charge in [0.15, 0.2) is 5.76 Å². The number of furan rings is 1. The lowest BCUT2D eigenvalue weighted by Crippen LogP contribution is -1.90. The first-order chi connectivity index (χ1) is 9.22. The van der Waals surface area contributed by atoms with Gasteiger partial charge in [0.2, 0.25) is 5.78 Å². The molecule has 0 amide bonds. The predicted octanol–water partition coefficient (Wildman–Crippen LogP) is 3.71. The number of carbonyl (C=O) groups excluding carboxylic acids is 1. The van der Waals surface area contributed by atoms with Gasteiger partial charge in [-0.1, -0.05) is 11.6 Å². The molecule has 0 aliphatic carbocycles. The number of allylic oxidation sites excluding steroid dienone is 1. The lowest BCUT2D eigenvalue weighted by atomic mass is 10.2. The Balaban J connectivity index is 1.89. The summed E-state index contributed by atoms with van der Waals surface area (Å²) in [6.07, 6.45) is 6.32. The maximum absolute atomic E-state index is 11.9. The number of ketones is 1. The van der Waals surface area contributed by atoms with Crippen LogP contribution < -0.4 is 0 Å². The second-order valence-electron chi connectivity index (χ2n) is 3.96. The van der Waals surface area contributed by atoms with Crippen molar-refractivity contribution < 1.29 is 9.21 Å². The zero-order valence-corrected chi connectivity index (χ0v) is 10.5. The first-order valence-corrected chi connectivity index (χ1v) is 6.01. The topological polar surface area (TPSA) is 58.9 Å². The molecule has 0 saturated carbocycles. The van der Waals surface area contributed by atoms with Crippen molar-refractivity contribution in [1.29, 1.82) is 0 Å². The van der Waals surface area contributed by atoms with Crippen LogP contribution in [0.15, 0.2) is 47.2 Å². The number of benzene rings is 1. The lowest BCUT2D eigenvalue weighted by Gasteiger charge is -1.88. The number of carbonyl (C=O) groups is 1. The normalized spacial score (nSPS) is 11.4. The van der Waals surface area contributed by atoms with Crippen LogP contribution in [-0.2, 0) is 0 Å². The van der Waals surface area contributed by atoms with E-state index in [9.17, 15) is 4.79 Å². The fourth-order valence-corrected chi connectivity index (χ4v) is 1.92. The van der Waals surface area contributed by atoms with E-state index in [1.54, 1.807) is 42.7 Å². The van der Waals surface area contributed by atoms with E-state index in [4.69, 9.17) is 16.0 Å². The van der Waals surface area contributed by atoms with Gasteiger partial charge in [0.05, 0.1) is 0 Å². The Morgan fingerprint density at radius 1 is 1.37 bits per heavy atom. The van der Waals surface area contributed by atoms with E-state index in [0.717, 1.165) is 5.39 Å². The van der Waals surface area contributed by atoms with Crippen molar-refractivity contribution in [3.8, 4) is 0 Å². The van der Waals surface area contributed by atoms with Crippen molar-refractivity contribution in [3.63, 3.8) is 0 Å². The highest BCUT2D eigenvalue weighted by Crippen LogP contribution is 2.23. The van der Waals surface area contributed by atoms with E-state index < -0.39 is 0 Å². The third-order valence-electron chi connectivity index (χ3n) is 2.63. The molecule has 5 heteroatoms. The van der Waals surface area contributed by atoms with Gasteiger partial charge in [-0.25, -0.2) is 4.98 Å². The van der Waals surface area contributed by atoms with Gasteiger partial charge in [0.1, 0.15) is 11.4 Å². The molecule has 2 aromatic heterocycles. The number of aromatic amines is 1. The lowest BCUT2D eigenvalue weighted by molar-refractivity contribution is 0.102. The average Bonchev–Trinajstić information content (AvgIpc) is 3.04. The molecule has 0 fully saturated rings. The van der Waals surface area contributed by atoms with Crippen LogP contribution in [0.2, 0.25) is 5.02 Å². The van der Waals surface area contributed by atoms with Crippen LogP contribution in [0.25, 0.3) is 17.0 Å². The Labute approximate surface area is 113 Å². The highest BCUT2D eigenvalue weighted by molar-refractivity contribution is 6.31. The van der Waals surface area contributed by atoms with Crippen molar-refractivity contribution in [3.05, 3.63) is 59.3 Å². The maximum Gasteiger partial charge on any atom is 0.221 e. The third-order valence-corrected chi connectivity index (χ3v) is 2.87. The van der Waals surface area contributed by atoms with Gasteiger partial charge >= 0.3 is 0 Å². The van der Waals surface area contributed by atoms with Crippen LogP contribution in [0.1, 0.15) is 16.4 Å². The van der Waals surface area contributed by atoms with Crippen molar-refractivity contribution in [2.75, 3.05) is 0 Å². The number of imidazole rings is 1. The Morgan fingerprint density at radius 3 is 3.05 bits per heavy atom. The molecule has 2 heterocycles. The zero-order chi connectivity index (χ0) is 13.2. The van der Waals surface area contributed by atoms with Gasteiger partial charge in [0, 0.05) is 22.8 Å². The SMILES string of the molecule is O=C(/C=C/c1ncc[nH]1)c1cc2cc(Cl)ccc2o1. The molecular weight excluding hydrogens is 264 g/mol. The molecule has 0 saturated heterocycles. The average molecular weight is 273 g/mol. The summed E-state index contributed by atoms with van der Waals surface area (Å²) in [6.45, 7) is 0. The van der Waals surface area contributed by atoms with Crippen LogP contribution in [0.5, 0.6) is 0 Å². The van der Waals surface area contributed by atoms with Crippen LogP contribution >= 0.6 is 11.6 Å². The molecule has 19 heavy (non-hydrogen) atoms. The third kappa shape index (κ3) is 2.44. The first-order valence-electron chi connectivity index (χ1n) is 5.63. The van der Waals surface area contributed by atoms with Crippen molar-refractivity contribution in [1.82, 2.24) is 9.97 Å². The minimum atomic E-state index is -0.219. The number of hydrogen-bond acceptors (Lipinski definition) is 3. The van der Waals surface area contributed by atoms with Crippen molar-refractivity contribution >= 4 is 34.4 Å². The molecule has 0 bridgehead atoms. The van der Waals surface area contributed by atoms with Crippen LogP contribution in [0, 0.1) is 0 Å². The number of fused-ring (bicyclic) bond motifs is 1. The molecule has 3 aromatic rings. The summed E-state index contributed by atoms with van der Waals surface area (Å²) in [6, 6.07) is 6.90. The molecule has 0 aliphatic rings. The quantitative estimate of drug-likeness (QED) is 0.584. The number of aromatic nitrogens is 2. The monoisotopic (exact) mass is 272 g/mol. The van der Waals surface area contributed by atoms with Crippen LogP contribution in [-0.4, -0.2) is 15.8 Å². The Kier molecular flexibility index (Phi) is 2.93. The molecule has 1 N–H and O–H groups in total.